The number of amides is 2. The van der Waals surface area contributed by atoms with Gasteiger partial charge in [-0.15, -0.1) is 0 Å². The minimum absolute atomic E-state index is 0.0375. The van der Waals surface area contributed by atoms with Gasteiger partial charge in [-0.25, -0.2) is 45.5 Å². The number of benzene rings is 8. The van der Waals surface area contributed by atoms with Gasteiger partial charge in [-0.1, -0.05) is 140 Å². The molecular formula is C93H124F6N4O16. The molecule has 119 heavy (non-hydrogen) atoms. The van der Waals surface area contributed by atoms with Gasteiger partial charge in [0.2, 0.25) is 0 Å². The van der Waals surface area contributed by atoms with E-state index in [-0.39, 0.29) is 87.4 Å². The van der Waals surface area contributed by atoms with Crippen LogP contribution in [0.1, 0.15) is 147 Å². The Labute approximate surface area is 699 Å². The minimum Gasteiger partial charge on any atom is -0.444 e. The Kier molecular flexibility index (Phi) is 54.7. The first-order chi connectivity index (χ1) is 56.3. The molecule has 0 fully saturated rings. The SMILES string of the molecule is CC(C)(C)OC(=O)N(CC=O)CCc1cccc(F)c1.CC(C)(C)OC(=O)N(CCO)CCc1cccc(F)c1.CC(C)(C)OC(=O)OC(=O)OC(C)(C)C.O=CCc1cccc(F)c1.OCCCCCc1cccc(F)c1.OCCN(CCc1cccc(F)c1)Cc1ccccc1.OCCNCc1ccccc1.OCCc1cccc(F)c1. The van der Waals surface area contributed by atoms with Crippen LogP contribution in [-0.4, -0.2) is 179 Å². The van der Waals surface area contributed by atoms with Gasteiger partial charge >= 0.3 is 24.5 Å². The maximum atomic E-state index is 13.1. The molecule has 26 heteroatoms. The third-order valence-corrected chi connectivity index (χ3v) is 15.3. The maximum Gasteiger partial charge on any atom is 0.519 e. The highest BCUT2D eigenvalue weighted by Gasteiger charge is 2.26. The van der Waals surface area contributed by atoms with Crippen LogP contribution in [0.2, 0.25) is 0 Å². The molecule has 0 bridgehead atoms. The predicted molar refractivity (Wildman–Crippen MR) is 451 cm³/mol. The highest BCUT2D eigenvalue weighted by molar-refractivity contribution is 5.77. The Bertz CT molecular complexity index is 4060. The van der Waals surface area contributed by atoms with Gasteiger partial charge in [0.1, 0.15) is 69.9 Å². The molecule has 8 aromatic carbocycles. The van der Waals surface area contributed by atoms with Crippen LogP contribution in [0, 0.1) is 34.9 Å². The first-order valence-electron chi connectivity index (χ1n) is 39.3. The summed E-state index contributed by atoms with van der Waals surface area (Å²) in [6.07, 6.45) is 4.62. The molecular weight excluding hydrogens is 1540 g/mol. The van der Waals surface area contributed by atoms with E-state index in [0.29, 0.717) is 51.7 Å². The van der Waals surface area contributed by atoms with Crippen molar-refractivity contribution >= 4 is 37.1 Å². The summed E-state index contributed by atoms with van der Waals surface area (Å²) in [7, 11) is 0. The Hall–Kier alpha value is -10.3. The van der Waals surface area contributed by atoms with Gasteiger partial charge in [0.15, 0.2) is 0 Å². The van der Waals surface area contributed by atoms with Gasteiger partial charge in [0.05, 0.1) is 26.4 Å². The minimum atomic E-state index is -1.06. The van der Waals surface area contributed by atoms with E-state index in [2.05, 4.69) is 39.2 Å². The number of aryl methyl sites for hydroxylation is 1. The van der Waals surface area contributed by atoms with Crippen molar-refractivity contribution in [1.29, 1.82) is 0 Å². The molecule has 0 radical (unpaired) electrons. The number of carbonyl (C=O) groups excluding carboxylic acids is 6. The van der Waals surface area contributed by atoms with Crippen LogP contribution in [0.3, 0.4) is 0 Å². The van der Waals surface area contributed by atoms with E-state index >= 15 is 0 Å². The molecule has 0 unspecified atom stereocenters. The summed E-state index contributed by atoms with van der Waals surface area (Å²) in [4.78, 5) is 71.4. The number of hydrogen-bond acceptors (Lipinski definition) is 18. The quantitative estimate of drug-likeness (QED) is 0.00610. The molecule has 0 atom stereocenters. The lowest BCUT2D eigenvalue weighted by molar-refractivity contribution is -0.109. The van der Waals surface area contributed by atoms with E-state index in [4.69, 9.17) is 44.5 Å². The molecule has 0 aliphatic carbocycles. The van der Waals surface area contributed by atoms with Crippen molar-refractivity contribution in [2.45, 2.75) is 176 Å². The van der Waals surface area contributed by atoms with E-state index in [9.17, 15) is 55.1 Å². The number of aliphatic hydroxyl groups excluding tert-OH is 5. The number of rotatable bonds is 30. The molecule has 8 rings (SSSR count). The highest BCUT2D eigenvalue weighted by Crippen LogP contribution is 2.17. The van der Waals surface area contributed by atoms with E-state index < -0.39 is 46.9 Å². The molecule has 2 amide bonds. The number of ether oxygens (including phenoxy) is 5. The lowest BCUT2D eigenvalue weighted by atomic mass is 10.1. The molecule has 0 saturated heterocycles. The van der Waals surface area contributed by atoms with Gasteiger partial charge in [0.25, 0.3) is 0 Å². The fourth-order valence-electron chi connectivity index (χ4n) is 9.97. The molecule has 0 heterocycles. The summed E-state index contributed by atoms with van der Waals surface area (Å²) in [6.45, 7) is 25.8. The van der Waals surface area contributed by atoms with Crippen molar-refractivity contribution in [2.24, 2.45) is 0 Å². The second-order valence-corrected chi connectivity index (χ2v) is 30.6. The summed E-state index contributed by atoms with van der Waals surface area (Å²) in [5.74, 6) is -1.51. The maximum absolute atomic E-state index is 13.1. The van der Waals surface area contributed by atoms with Crippen molar-refractivity contribution in [2.75, 3.05) is 78.8 Å². The average Bonchev–Trinajstić information content (AvgIpc) is 0.896. The van der Waals surface area contributed by atoms with Crippen molar-refractivity contribution in [3.05, 3.63) is 286 Å². The summed E-state index contributed by atoms with van der Waals surface area (Å²) in [5, 5.41) is 46.8. The lowest BCUT2D eigenvalue weighted by Crippen LogP contribution is -2.39. The molecule has 20 nitrogen and oxygen atoms in total. The van der Waals surface area contributed by atoms with Crippen molar-refractivity contribution < 1.29 is 104 Å². The smallest absolute Gasteiger partial charge is 0.444 e. The summed E-state index contributed by atoms with van der Waals surface area (Å²) in [6, 6.07) is 58.4. The third kappa shape index (κ3) is 59.1. The first-order valence-corrected chi connectivity index (χ1v) is 39.3. The third-order valence-electron chi connectivity index (χ3n) is 15.3. The van der Waals surface area contributed by atoms with Crippen molar-refractivity contribution in [3.8, 4) is 0 Å². The number of halogens is 6. The van der Waals surface area contributed by atoms with Crippen LogP contribution >= 0.6 is 0 Å². The number of hydrogen-bond donors (Lipinski definition) is 6. The number of nitrogens with zero attached hydrogens (tertiary/aromatic N) is 3. The summed E-state index contributed by atoms with van der Waals surface area (Å²) in [5.41, 5.74) is 5.04. The summed E-state index contributed by atoms with van der Waals surface area (Å²) >= 11 is 0. The Balaban J connectivity index is 0.000000689. The van der Waals surface area contributed by atoms with Crippen molar-refractivity contribution in [1.82, 2.24) is 20.0 Å². The van der Waals surface area contributed by atoms with E-state index in [0.717, 1.165) is 91.4 Å². The first kappa shape index (κ1) is 107. The van der Waals surface area contributed by atoms with E-state index in [1.165, 1.54) is 81.6 Å². The van der Waals surface area contributed by atoms with Crippen LogP contribution in [0.25, 0.3) is 0 Å². The van der Waals surface area contributed by atoms with Gasteiger partial charge in [-0.05, 0) is 245 Å². The zero-order chi connectivity index (χ0) is 89.1. The molecule has 6 N–H and O–H groups in total. The fraction of sp³-hybridized carbons (Fsp3) is 0.419. The zero-order valence-corrected chi connectivity index (χ0v) is 70.9. The summed E-state index contributed by atoms with van der Waals surface area (Å²) < 4.78 is 101. The number of unbranched alkanes of at least 4 members (excludes halogenated alkanes) is 2. The second-order valence-electron chi connectivity index (χ2n) is 30.6. The Morgan fingerprint density at radius 1 is 0.345 bits per heavy atom. The van der Waals surface area contributed by atoms with Gasteiger partial charge in [-0.2, -0.15) is 0 Å². The Morgan fingerprint density at radius 2 is 0.697 bits per heavy atom. The zero-order valence-electron chi connectivity index (χ0n) is 70.9. The standard InChI is InChI=1S/C17H20FNO.C15H22FNO3.C15H20FNO3.C11H15FO.C10H18O5.C9H13NO.C8H9FO.C8H7FO/c18-17-8-4-7-15(13-17)9-10-19(11-12-20)14-16-5-2-1-3-6-16;2*1-15(2,3)20-14(19)17(9-10-18)8-7-12-5-4-6-13(16)11-12;12-11-7-4-6-10(9-11)5-2-1-3-8-13;1-9(2,3)14-7(11)13-8(12)15-10(4,5)6;11-7-6-10-8-9-4-2-1-3-5-9;2*9-8-3-1-2-7(6-8)4-5-10/h1-8,13,20H,9-12,14H2;4-6,11,18H,7-10H2,1-3H3;4-6,10-11H,7-9H2,1-3H3;4,6-7,9,13H,1-3,5,8H2;1-6H3;1-5,10-11H,6-8H2;1-3,6,10H,4-5H2;1-3,5-6H,4H2. The van der Waals surface area contributed by atoms with Gasteiger partial charge < -0.3 is 73.9 Å². The van der Waals surface area contributed by atoms with Crippen LogP contribution in [0.4, 0.5) is 45.5 Å². The molecule has 0 spiro atoms. The lowest BCUT2D eigenvalue weighted by Gasteiger charge is -2.27. The number of aliphatic hydroxyl groups is 5. The number of carbonyl (C=O) groups is 6. The largest absolute Gasteiger partial charge is 0.519 e. The van der Waals surface area contributed by atoms with Gasteiger partial charge in [-0.3, -0.25) is 4.90 Å². The van der Waals surface area contributed by atoms with Crippen molar-refractivity contribution in [3.63, 3.8) is 0 Å². The predicted octanol–water partition coefficient (Wildman–Crippen LogP) is 17.4. The monoisotopic (exact) mass is 1670 g/mol. The second kappa shape index (κ2) is 61.0. The molecule has 0 aliphatic heterocycles. The average molecular weight is 1670 g/mol. The van der Waals surface area contributed by atoms with Crippen LogP contribution in [0.5, 0.6) is 0 Å². The topological polar surface area (TPSA) is 271 Å². The van der Waals surface area contributed by atoms with E-state index in [1.807, 2.05) is 48.5 Å². The van der Waals surface area contributed by atoms with Crippen LogP contribution in [0.15, 0.2) is 206 Å². The fourth-order valence-corrected chi connectivity index (χ4v) is 9.97. The van der Waals surface area contributed by atoms with Crippen LogP contribution in [-0.2, 0) is 84.9 Å². The highest BCUT2D eigenvalue weighted by atomic mass is 19.1. The molecule has 0 saturated carbocycles. The molecule has 0 aliphatic rings. The van der Waals surface area contributed by atoms with E-state index in [1.54, 1.807) is 156 Å². The molecule has 654 valence electrons. The molecule has 8 aromatic rings. The normalized spacial score (nSPS) is 10.7. The number of nitrogens with one attached hydrogen (secondary N) is 1. The Morgan fingerprint density at radius 3 is 1.06 bits per heavy atom. The van der Waals surface area contributed by atoms with Crippen LogP contribution < -0.4 is 5.32 Å². The molecule has 0 aromatic heterocycles. The number of aldehydes is 2. The van der Waals surface area contributed by atoms with Gasteiger partial charge in [0, 0.05) is 72.0 Å².